The number of carbonyl (C=O) groups excluding carboxylic acids is 2. The molecule has 0 saturated carbocycles. The number of anilines is 1. The molecular formula is C20H20N6O2. The molecule has 0 aliphatic carbocycles. The van der Waals surface area contributed by atoms with Crippen LogP contribution in [0.5, 0.6) is 0 Å². The number of pyridine rings is 1. The van der Waals surface area contributed by atoms with Gasteiger partial charge in [0.1, 0.15) is 0 Å². The minimum absolute atomic E-state index is 0.0933. The lowest BCUT2D eigenvalue weighted by molar-refractivity contribution is 0.0948. The molecular weight excluding hydrogens is 356 g/mol. The molecule has 3 rings (SSSR count). The summed E-state index contributed by atoms with van der Waals surface area (Å²) in [6, 6.07) is 13.9. The van der Waals surface area contributed by atoms with Crippen molar-refractivity contribution in [1.82, 2.24) is 19.6 Å². The topological polar surface area (TPSA) is 103 Å². The second-order valence-electron chi connectivity index (χ2n) is 6.45. The highest BCUT2D eigenvalue weighted by Crippen LogP contribution is 2.16. The third-order valence-corrected chi connectivity index (χ3v) is 4.06. The summed E-state index contributed by atoms with van der Waals surface area (Å²) in [4.78, 5) is 31.5. The molecule has 142 valence electrons. The Labute approximate surface area is 162 Å². The maximum absolute atomic E-state index is 12.8. The van der Waals surface area contributed by atoms with Crippen LogP contribution in [0.25, 0.3) is 5.52 Å². The van der Waals surface area contributed by atoms with Crippen LogP contribution in [0.3, 0.4) is 0 Å². The quantitative estimate of drug-likeness (QED) is 0.682. The molecule has 2 aromatic heterocycles. The van der Waals surface area contributed by atoms with Gasteiger partial charge in [0.15, 0.2) is 5.69 Å². The SMILES string of the molecule is CN(C)CCNC(=O)c1nc(C(=O)Nc2cccc(C#N)c2)n2ccccc12. The second kappa shape index (κ2) is 8.33. The molecule has 0 saturated heterocycles. The molecule has 0 aliphatic rings. The fraction of sp³-hybridized carbons (Fsp3) is 0.200. The number of nitriles is 1. The fourth-order valence-electron chi connectivity index (χ4n) is 2.70. The summed E-state index contributed by atoms with van der Waals surface area (Å²) < 4.78 is 1.57. The van der Waals surface area contributed by atoms with Crippen molar-refractivity contribution in [3.8, 4) is 6.07 Å². The van der Waals surface area contributed by atoms with E-state index in [9.17, 15) is 9.59 Å². The summed E-state index contributed by atoms with van der Waals surface area (Å²) in [6.07, 6.45) is 1.68. The first-order chi connectivity index (χ1) is 13.5. The zero-order valence-electron chi connectivity index (χ0n) is 15.6. The largest absolute Gasteiger partial charge is 0.349 e. The Morgan fingerprint density at radius 1 is 1.18 bits per heavy atom. The van der Waals surface area contributed by atoms with Crippen LogP contribution in [-0.2, 0) is 0 Å². The van der Waals surface area contributed by atoms with Crippen LogP contribution >= 0.6 is 0 Å². The molecule has 8 nitrogen and oxygen atoms in total. The first-order valence-corrected chi connectivity index (χ1v) is 8.71. The first kappa shape index (κ1) is 19.1. The highest BCUT2D eigenvalue weighted by Gasteiger charge is 2.21. The second-order valence-corrected chi connectivity index (χ2v) is 6.45. The van der Waals surface area contributed by atoms with Crippen LogP contribution in [0.4, 0.5) is 5.69 Å². The van der Waals surface area contributed by atoms with Crippen LogP contribution in [0.2, 0.25) is 0 Å². The van der Waals surface area contributed by atoms with Gasteiger partial charge in [0.2, 0.25) is 5.82 Å². The Morgan fingerprint density at radius 2 is 2.00 bits per heavy atom. The minimum Gasteiger partial charge on any atom is -0.349 e. The summed E-state index contributed by atoms with van der Waals surface area (Å²) in [5.41, 5.74) is 1.65. The average molecular weight is 376 g/mol. The molecule has 8 heteroatoms. The molecule has 2 heterocycles. The summed E-state index contributed by atoms with van der Waals surface area (Å²) in [7, 11) is 3.84. The first-order valence-electron chi connectivity index (χ1n) is 8.71. The highest BCUT2D eigenvalue weighted by atomic mass is 16.2. The Morgan fingerprint density at radius 3 is 2.75 bits per heavy atom. The van der Waals surface area contributed by atoms with Crippen molar-refractivity contribution < 1.29 is 9.59 Å². The van der Waals surface area contributed by atoms with Crippen LogP contribution in [0.15, 0.2) is 48.7 Å². The number of hydrogen-bond donors (Lipinski definition) is 2. The number of carbonyl (C=O) groups is 2. The number of hydrogen-bond acceptors (Lipinski definition) is 5. The molecule has 2 N–H and O–H groups in total. The predicted molar refractivity (Wildman–Crippen MR) is 105 cm³/mol. The van der Waals surface area contributed by atoms with Gasteiger partial charge in [0.05, 0.1) is 17.1 Å². The third kappa shape index (κ3) is 4.16. The number of imidazole rings is 1. The number of amides is 2. The van der Waals surface area contributed by atoms with Gasteiger partial charge in [-0.05, 0) is 44.4 Å². The van der Waals surface area contributed by atoms with Crippen molar-refractivity contribution in [2.45, 2.75) is 0 Å². The number of rotatable bonds is 6. The van der Waals surface area contributed by atoms with E-state index in [0.29, 0.717) is 29.9 Å². The minimum atomic E-state index is -0.469. The van der Waals surface area contributed by atoms with E-state index in [4.69, 9.17) is 5.26 Å². The Bertz CT molecular complexity index is 1060. The lowest BCUT2D eigenvalue weighted by atomic mass is 10.2. The maximum atomic E-state index is 12.8. The van der Waals surface area contributed by atoms with Crippen molar-refractivity contribution in [2.24, 2.45) is 0 Å². The van der Waals surface area contributed by atoms with Crippen LogP contribution < -0.4 is 10.6 Å². The Balaban J connectivity index is 1.88. The van der Waals surface area contributed by atoms with Crippen LogP contribution in [0, 0.1) is 11.3 Å². The molecule has 0 radical (unpaired) electrons. The third-order valence-electron chi connectivity index (χ3n) is 4.06. The summed E-state index contributed by atoms with van der Waals surface area (Å²) in [5.74, 6) is -0.713. The number of nitrogens with one attached hydrogen (secondary N) is 2. The maximum Gasteiger partial charge on any atom is 0.292 e. The van der Waals surface area contributed by atoms with Crippen molar-refractivity contribution >= 4 is 23.0 Å². The van der Waals surface area contributed by atoms with Gasteiger partial charge in [0.25, 0.3) is 11.8 Å². The number of fused-ring (bicyclic) bond motifs is 1. The summed E-state index contributed by atoms with van der Waals surface area (Å²) in [5, 5.41) is 14.5. The molecule has 0 fully saturated rings. The number of likely N-dealkylation sites (N-methyl/N-ethyl adjacent to an activating group) is 1. The number of benzene rings is 1. The van der Waals surface area contributed by atoms with Crippen LogP contribution in [0.1, 0.15) is 26.7 Å². The van der Waals surface area contributed by atoms with E-state index in [1.807, 2.05) is 25.1 Å². The zero-order valence-corrected chi connectivity index (χ0v) is 15.6. The molecule has 0 aliphatic heterocycles. The Hall–Kier alpha value is -3.70. The molecule has 0 atom stereocenters. The predicted octanol–water partition coefficient (Wildman–Crippen LogP) is 1.75. The monoisotopic (exact) mass is 376 g/mol. The van der Waals surface area contributed by atoms with Gasteiger partial charge >= 0.3 is 0 Å². The smallest absolute Gasteiger partial charge is 0.292 e. The molecule has 28 heavy (non-hydrogen) atoms. The van der Waals surface area contributed by atoms with Gasteiger partial charge in [-0.2, -0.15) is 5.26 Å². The van der Waals surface area contributed by atoms with Crippen LogP contribution in [-0.4, -0.2) is 53.3 Å². The van der Waals surface area contributed by atoms with Gasteiger partial charge < -0.3 is 15.5 Å². The van der Waals surface area contributed by atoms with Crippen molar-refractivity contribution in [3.63, 3.8) is 0 Å². The molecule has 0 bridgehead atoms. The van der Waals surface area contributed by atoms with Crippen molar-refractivity contribution in [1.29, 1.82) is 5.26 Å². The van der Waals surface area contributed by atoms with E-state index in [-0.39, 0.29) is 17.4 Å². The lowest BCUT2D eigenvalue weighted by Gasteiger charge is -2.09. The van der Waals surface area contributed by atoms with Gasteiger partial charge in [-0.25, -0.2) is 4.98 Å². The van der Waals surface area contributed by atoms with Crippen molar-refractivity contribution in [2.75, 3.05) is 32.5 Å². The number of aromatic nitrogens is 2. The van der Waals surface area contributed by atoms with E-state index in [0.717, 1.165) is 0 Å². The van der Waals surface area contributed by atoms with E-state index in [2.05, 4.69) is 15.6 Å². The van der Waals surface area contributed by atoms with E-state index in [1.165, 1.54) is 0 Å². The Kier molecular flexibility index (Phi) is 5.67. The molecule has 0 spiro atoms. The van der Waals surface area contributed by atoms with Crippen molar-refractivity contribution in [3.05, 3.63) is 65.7 Å². The average Bonchev–Trinajstić information content (AvgIpc) is 3.08. The van der Waals surface area contributed by atoms with Gasteiger partial charge in [-0.3, -0.25) is 14.0 Å². The van der Waals surface area contributed by atoms with Gasteiger partial charge in [0, 0.05) is 25.0 Å². The molecule has 0 unspecified atom stereocenters. The van der Waals surface area contributed by atoms with E-state index < -0.39 is 5.91 Å². The molecule has 3 aromatic rings. The zero-order chi connectivity index (χ0) is 20.1. The van der Waals surface area contributed by atoms with Gasteiger partial charge in [-0.15, -0.1) is 0 Å². The van der Waals surface area contributed by atoms with E-state index in [1.54, 1.807) is 53.1 Å². The molecule has 2 amide bonds. The summed E-state index contributed by atoms with van der Waals surface area (Å²) in [6.45, 7) is 1.17. The lowest BCUT2D eigenvalue weighted by Crippen LogP contribution is -2.31. The molecule has 1 aromatic carbocycles. The fourth-order valence-corrected chi connectivity index (χ4v) is 2.70. The standard InChI is InChI=1S/C20H20N6O2/c1-25(2)11-9-22-19(27)17-16-8-3-4-10-26(16)18(24-17)20(28)23-15-7-5-6-14(12-15)13-21/h3-8,10,12H,9,11H2,1-2H3,(H,22,27)(H,23,28). The number of nitrogens with zero attached hydrogens (tertiary/aromatic N) is 4. The summed E-state index contributed by atoms with van der Waals surface area (Å²) >= 11 is 0. The van der Waals surface area contributed by atoms with Gasteiger partial charge in [-0.1, -0.05) is 12.1 Å². The highest BCUT2D eigenvalue weighted by molar-refractivity contribution is 6.06. The normalized spacial score (nSPS) is 10.6. The van der Waals surface area contributed by atoms with E-state index >= 15 is 0 Å².